The molecule has 0 spiro atoms. The van der Waals surface area contributed by atoms with Crippen molar-refractivity contribution < 1.29 is 14.3 Å². The van der Waals surface area contributed by atoms with Gasteiger partial charge in [-0.3, -0.25) is 14.6 Å². The summed E-state index contributed by atoms with van der Waals surface area (Å²) >= 11 is 0. The molecule has 0 N–H and O–H groups in total. The van der Waals surface area contributed by atoms with E-state index in [1.807, 2.05) is 113 Å². The molecule has 7 nitrogen and oxygen atoms in total. The lowest BCUT2D eigenvalue weighted by atomic mass is 9.96. The summed E-state index contributed by atoms with van der Waals surface area (Å²) in [6, 6.07) is 29.1. The lowest BCUT2D eigenvalue weighted by molar-refractivity contribution is -0.162. The molecule has 7 rings (SSSR count). The Bertz CT molecular complexity index is 1650. The van der Waals surface area contributed by atoms with E-state index in [1.54, 1.807) is 4.90 Å². The molecule has 7 heteroatoms. The van der Waals surface area contributed by atoms with Crippen molar-refractivity contribution in [1.82, 2.24) is 14.7 Å². The van der Waals surface area contributed by atoms with Crippen LogP contribution in [-0.2, 0) is 29.1 Å². The van der Waals surface area contributed by atoms with Gasteiger partial charge in [0.15, 0.2) is 0 Å². The molecule has 4 aromatic carbocycles. The van der Waals surface area contributed by atoms with E-state index in [0.717, 1.165) is 33.2 Å². The Balaban J connectivity index is 0.000000963. The second-order valence-electron chi connectivity index (χ2n) is 11.2. The molecule has 0 radical (unpaired) electrons. The van der Waals surface area contributed by atoms with E-state index in [-0.39, 0.29) is 17.9 Å². The highest BCUT2D eigenvalue weighted by atomic mass is 16.5. The van der Waals surface area contributed by atoms with Crippen molar-refractivity contribution in [1.29, 1.82) is 0 Å². The standard InChI is InChI=1S/C34H32N4O3.2C2H6/c1-23-33(39)38-21-28-18-35-22-36(28)19-26-13-14-27-10-6-12-32(30(27)16-26)41-29-11-5-9-25(15-29)17-31(38)34(40)37(23)20-24-7-3-2-4-8-24;2*1-2/h2-16,22-23,28,31H,17-21H2,1H3;2*1-2H3. The van der Waals surface area contributed by atoms with Crippen LogP contribution in [0.15, 0.2) is 96.0 Å². The highest BCUT2D eigenvalue weighted by molar-refractivity contribution is 5.97. The lowest BCUT2D eigenvalue weighted by Crippen LogP contribution is -2.65. The summed E-state index contributed by atoms with van der Waals surface area (Å²) in [6.45, 7) is 11.9. The number of fused-ring (bicyclic) bond motifs is 5. The van der Waals surface area contributed by atoms with Crippen molar-refractivity contribution in [3.05, 3.63) is 108 Å². The third-order valence-corrected chi connectivity index (χ3v) is 8.50. The van der Waals surface area contributed by atoms with E-state index in [1.165, 1.54) is 0 Å². The molecular formula is C38H44N4O3. The Kier molecular flexibility index (Phi) is 10.2. The summed E-state index contributed by atoms with van der Waals surface area (Å²) in [6.07, 6.45) is 2.29. The van der Waals surface area contributed by atoms with Crippen molar-refractivity contribution in [3.8, 4) is 11.5 Å². The zero-order valence-corrected chi connectivity index (χ0v) is 27.0. The van der Waals surface area contributed by atoms with Gasteiger partial charge >= 0.3 is 0 Å². The minimum absolute atomic E-state index is 0.0132. The highest BCUT2D eigenvalue weighted by Crippen LogP contribution is 2.33. The van der Waals surface area contributed by atoms with Gasteiger partial charge in [0.2, 0.25) is 11.8 Å². The molecule has 0 aliphatic carbocycles. The Morgan fingerprint density at radius 1 is 0.822 bits per heavy atom. The average Bonchev–Trinajstić information content (AvgIpc) is 3.52. The van der Waals surface area contributed by atoms with Gasteiger partial charge in [-0.25, -0.2) is 0 Å². The fourth-order valence-corrected chi connectivity index (χ4v) is 6.26. The monoisotopic (exact) mass is 604 g/mol. The number of benzene rings is 4. The molecular weight excluding hydrogens is 560 g/mol. The van der Waals surface area contributed by atoms with Crippen LogP contribution in [0.2, 0.25) is 0 Å². The molecule has 0 aromatic heterocycles. The molecule has 2 amide bonds. The Labute approximate surface area is 267 Å². The first-order chi connectivity index (χ1) is 22.0. The number of carbonyl (C=O) groups is 2. The first-order valence-electron chi connectivity index (χ1n) is 16.2. The quantitative estimate of drug-likeness (QED) is 0.245. The Morgan fingerprint density at radius 3 is 2.40 bits per heavy atom. The van der Waals surface area contributed by atoms with Crippen molar-refractivity contribution in [2.45, 2.75) is 72.3 Å². The van der Waals surface area contributed by atoms with Gasteiger partial charge in [-0.1, -0.05) is 94.4 Å². The number of rotatable bonds is 2. The smallest absolute Gasteiger partial charge is 0.246 e. The molecule has 3 aliphatic rings. The maximum atomic E-state index is 14.2. The fourth-order valence-electron chi connectivity index (χ4n) is 6.26. The average molecular weight is 605 g/mol. The molecule has 3 atom stereocenters. The van der Waals surface area contributed by atoms with Crippen LogP contribution in [0.4, 0.5) is 0 Å². The number of ether oxygens (including phenoxy) is 1. The summed E-state index contributed by atoms with van der Waals surface area (Å²) in [5, 5.41) is 2.16. The van der Waals surface area contributed by atoms with Gasteiger partial charge in [-0.15, -0.1) is 0 Å². The van der Waals surface area contributed by atoms with E-state index >= 15 is 0 Å². The first-order valence-corrected chi connectivity index (χ1v) is 16.2. The summed E-state index contributed by atoms with van der Waals surface area (Å²) in [7, 11) is 0. The van der Waals surface area contributed by atoms with E-state index in [2.05, 4.69) is 34.2 Å². The van der Waals surface area contributed by atoms with Gasteiger partial charge in [-0.2, -0.15) is 0 Å². The zero-order chi connectivity index (χ0) is 31.9. The number of hydrogen-bond acceptors (Lipinski definition) is 5. The molecule has 234 valence electrons. The number of nitrogens with zero attached hydrogens (tertiary/aromatic N) is 4. The molecule has 3 aliphatic heterocycles. The molecule has 4 bridgehead atoms. The Hall–Kier alpha value is -4.65. The van der Waals surface area contributed by atoms with Gasteiger partial charge in [0, 0.05) is 31.4 Å². The van der Waals surface area contributed by atoms with Gasteiger partial charge in [0.1, 0.15) is 23.6 Å². The summed E-state index contributed by atoms with van der Waals surface area (Å²) in [4.78, 5) is 38.6. The van der Waals surface area contributed by atoms with Gasteiger partial charge in [0.05, 0.1) is 18.9 Å². The molecule has 3 unspecified atom stereocenters. The van der Waals surface area contributed by atoms with E-state index in [0.29, 0.717) is 38.3 Å². The second-order valence-corrected chi connectivity index (χ2v) is 11.2. The van der Waals surface area contributed by atoms with Crippen LogP contribution in [0.3, 0.4) is 0 Å². The molecule has 3 heterocycles. The normalized spacial score (nSPS) is 20.6. The Morgan fingerprint density at radius 2 is 1.60 bits per heavy atom. The van der Waals surface area contributed by atoms with Gasteiger partial charge in [-0.05, 0) is 53.3 Å². The number of carbonyl (C=O) groups excluding carboxylic acids is 2. The predicted octanol–water partition coefficient (Wildman–Crippen LogP) is 7.08. The largest absolute Gasteiger partial charge is 0.457 e. The van der Waals surface area contributed by atoms with Crippen molar-refractivity contribution in [2.24, 2.45) is 4.99 Å². The summed E-state index contributed by atoms with van der Waals surface area (Å²) in [5.41, 5.74) is 3.09. The minimum atomic E-state index is -0.616. The number of aliphatic imine (C=N–C) groups is 1. The van der Waals surface area contributed by atoms with Gasteiger partial charge in [0.25, 0.3) is 0 Å². The number of hydrogen-bond donors (Lipinski definition) is 0. The van der Waals surface area contributed by atoms with E-state index in [4.69, 9.17) is 4.74 Å². The van der Waals surface area contributed by atoms with Crippen molar-refractivity contribution >= 4 is 28.9 Å². The molecule has 45 heavy (non-hydrogen) atoms. The van der Waals surface area contributed by atoms with Crippen LogP contribution < -0.4 is 4.74 Å². The second kappa shape index (κ2) is 14.4. The zero-order valence-electron chi connectivity index (χ0n) is 27.0. The van der Waals surface area contributed by atoms with Crippen LogP contribution in [0.1, 0.15) is 51.3 Å². The van der Waals surface area contributed by atoms with Crippen LogP contribution in [0, 0.1) is 0 Å². The topological polar surface area (TPSA) is 65.5 Å². The highest BCUT2D eigenvalue weighted by Gasteiger charge is 2.45. The number of piperazine rings is 1. The van der Waals surface area contributed by atoms with Crippen LogP contribution in [-0.4, -0.2) is 64.1 Å². The lowest BCUT2D eigenvalue weighted by Gasteiger charge is -2.45. The maximum Gasteiger partial charge on any atom is 0.246 e. The van der Waals surface area contributed by atoms with E-state index in [9.17, 15) is 9.59 Å². The van der Waals surface area contributed by atoms with Gasteiger partial charge < -0.3 is 19.4 Å². The third kappa shape index (κ3) is 6.72. The maximum absolute atomic E-state index is 14.2. The first kappa shape index (κ1) is 31.8. The number of amides is 2. The van der Waals surface area contributed by atoms with Crippen LogP contribution in [0.25, 0.3) is 10.8 Å². The predicted molar refractivity (Wildman–Crippen MR) is 182 cm³/mol. The molecule has 0 saturated carbocycles. The van der Waals surface area contributed by atoms with Crippen LogP contribution >= 0.6 is 0 Å². The summed E-state index contributed by atoms with van der Waals surface area (Å²) < 4.78 is 6.43. The fraction of sp³-hybridized carbons (Fsp3) is 0.342. The SMILES string of the molecule is CC.CC.CC1C(=O)N2CC3CN=CN3Cc3ccc4cccc(c4c3)Oc3cccc(c3)CC2C(=O)N1Cc1ccccc1. The minimum Gasteiger partial charge on any atom is -0.457 e. The van der Waals surface area contributed by atoms with Crippen molar-refractivity contribution in [3.63, 3.8) is 0 Å². The van der Waals surface area contributed by atoms with E-state index < -0.39 is 12.1 Å². The summed E-state index contributed by atoms with van der Waals surface area (Å²) in [5.74, 6) is 1.44. The third-order valence-electron chi connectivity index (χ3n) is 8.50. The molecule has 1 saturated heterocycles. The molecule has 1 fully saturated rings. The van der Waals surface area contributed by atoms with Crippen molar-refractivity contribution in [2.75, 3.05) is 13.1 Å². The molecule has 4 aromatic rings. The van der Waals surface area contributed by atoms with Crippen LogP contribution in [0.5, 0.6) is 11.5 Å².